The maximum Gasteiger partial charge on any atom is 0.305 e. The van der Waals surface area contributed by atoms with Crippen LogP contribution in [0.3, 0.4) is 0 Å². The Bertz CT molecular complexity index is 4600. The number of hydrogen-bond donors (Lipinski definition) is 23. The minimum atomic E-state index is -2.01. The molecule has 13 atom stereocenters. The van der Waals surface area contributed by atoms with Crippen molar-refractivity contribution in [3.63, 3.8) is 0 Å². The van der Waals surface area contributed by atoms with Crippen molar-refractivity contribution >= 4 is 135 Å². The molecule has 0 radical (unpaired) electrons. The Hall–Kier alpha value is -13.1. The first-order valence-electron chi connectivity index (χ1n) is 43.9. The number of fused-ring (bicyclic) bond motifs is 2. The Balaban J connectivity index is 1.42. The number of imidazole rings is 1. The second-order valence-corrected chi connectivity index (χ2v) is 33.6. The van der Waals surface area contributed by atoms with Crippen molar-refractivity contribution in [2.75, 3.05) is 105 Å². The predicted molar refractivity (Wildman–Crippen MR) is 485 cm³/mol. The summed E-state index contributed by atoms with van der Waals surface area (Å²) in [6.45, 7) is 5.40. The molecule has 2 saturated heterocycles. The molecule has 4 aromatic rings. The number of carboxylic acids is 1. The lowest BCUT2D eigenvalue weighted by Gasteiger charge is -2.33. The lowest BCUT2D eigenvalue weighted by Crippen LogP contribution is -2.61. The zero-order valence-electron chi connectivity index (χ0n) is 75.8. The molecule has 26 N–H and O–H groups in total. The highest BCUT2D eigenvalue weighted by molar-refractivity contribution is 8.00. The second-order valence-electron chi connectivity index (χ2n) is 32.5. The van der Waals surface area contributed by atoms with Gasteiger partial charge in [-0.25, -0.2) is 4.98 Å². The highest BCUT2D eigenvalue weighted by Gasteiger charge is 2.43. The maximum atomic E-state index is 15.4. The standard InChI is InChI=1S/C85H129N25O22S/c1-48(2)36-59-75(121)103-61(39-53-42-91-47-97-53)77(123)105-63(38-52-41-95-55-21-12-11-20-54(52)55)82(128)109(6)49(3)71(117)100-58(24-16-29-94-85(89)90)83(129)110-30-17-25-66(110)80(126)104-62(40-70(115)116)78(124)99-56(23-15-28-93-84(87)88)74(120)107-65(73(119)96-43-67(86)112)45-133-46-69(114)98-60(37-51-18-9-8-10-19-51)76(122)101-57(81(127)108(5)50(4)72(118)106-64(44-111)79(125)102-59)22-13-14-27-92-68(113)26-31-131-34-35-132-33-32-130-7/h8-12,18-21,41-42,47-50,56-66,95,111H,13-17,22-40,43-46H2,1-7H3,(H2,86,112)(H,91,97)(H,92,113)(H,96,119)(H,98,114)(H,99,124)(H,100,117)(H,101,122)(H,102,125)(H,103,121)(H,104,126)(H,105,123)(H,106,118)(H,107,120)(H,115,116)(H4,87,88,93)(H4,89,90,94)/t49-,50-,56-,57-,58-,59-,60-,61-,62-,63-,64-,65-,66-/m0/s1. The van der Waals surface area contributed by atoms with Gasteiger partial charge >= 0.3 is 5.97 Å². The van der Waals surface area contributed by atoms with Crippen LogP contribution >= 0.6 is 11.8 Å². The lowest BCUT2D eigenvalue weighted by atomic mass is 10.0. The van der Waals surface area contributed by atoms with Crippen LogP contribution in [0.2, 0.25) is 0 Å². The number of H-pyrrole nitrogens is 2. The van der Waals surface area contributed by atoms with Crippen LogP contribution in [0.15, 0.2) is 73.3 Å². The average molecular weight is 1890 g/mol. The van der Waals surface area contributed by atoms with E-state index in [0.717, 1.165) is 26.5 Å². The zero-order chi connectivity index (χ0) is 97.8. The summed E-state index contributed by atoms with van der Waals surface area (Å²) in [4.78, 5) is 258. The van der Waals surface area contributed by atoms with Gasteiger partial charge in [-0.3, -0.25) is 92.3 Å². The van der Waals surface area contributed by atoms with Gasteiger partial charge in [0.1, 0.15) is 78.5 Å². The summed E-state index contributed by atoms with van der Waals surface area (Å²) in [7, 11) is 4.02. The first-order valence-corrected chi connectivity index (χ1v) is 45.0. The van der Waals surface area contributed by atoms with E-state index >= 15 is 19.2 Å². The number of carbonyl (C=O) groups excluding carboxylic acids is 16. The molecule has 0 unspecified atom stereocenters. The number of nitrogens with one attached hydrogen (secondary N) is 18. The summed E-state index contributed by atoms with van der Waals surface area (Å²) < 4.78 is 15.9. The van der Waals surface area contributed by atoms with Crippen molar-refractivity contribution in [3.8, 4) is 0 Å². The molecule has 732 valence electrons. The number of likely N-dealkylation sites (N-methyl/N-ethyl adjacent to an activating group) is 2. The Morgan fingerprint density at radius 1 is 0.564 bits per heavy atom. The van der Waals surface area contributed by atoms with Crippen LogP contribution in [0.1, 0.15) is 122 Å². The summed E-state index contributed by atoms with van der Waals surface area (Å²) in [5.41, 5.74) is 18.5. The number of guanidine groups is 2. The molecule has 16 amide bonds. The monoisotopic (exact) mass is 1880 g/mol. The van der Waals surface area contributed by atoms with Crippen molar-refractivity contribution in [3.05, 3.63) is 90.1 Å². The predicted octanol–water partition coefficient (Wildman–Crippen LogP) is -5.80. The number of ether oxygens (including phenoxy) is 3. The fraction of sp³-hybridized carbons (Fsp3) is 0.576. The Morgan fingerprint density at radius 3 is 1.71 bits per heavy atom. The number of para-hydroxylation sites is 1. The number of aliphatic hydroxyl groups excluding tert-OH is 1. The third-order valence-corrected chi connectivity index (χ3v) is 22.9. The van der Waals surface area contributed by atoms with Crippen LogP contribution in [0.25, 0.3) is 10.9 Å². The van der Waals surface area contributed by atoms with E-state index in [9.17, 15) is 72.5 Å². The number of rotatable bonds is 36. The van der Waals surface area contributed by atoms with Crippen LogP contribution in [0.5, 0.6) is 0 Å². The molecule has 2 aromatic carbocycles. The number of aliphatic carboxylic acids is 1. The zero-order valence-corrected chi connectivity index (χ0v) is 76.6. The second kappa shape index (κ2) is 56.6. The minimum absolute atomic E-state index is 0.00573. The summed E-state index contributed by atoms with van der Waals surface area (Å²) in [5.74, 6) is -19.2. The van der Waals surface area contributed by atoms with E-state index in [1.807, 2.05) is 0 Å². The fourth-order valence-electron chi connectivity index (χ4n) is 14.3. The number of amides is 16. The number of carbonyl (C=O) groups is 17. The SMILES string of the molecule is COCCOCCOCCC(=O)NCCCC[C@@H]1NC(=O)[C@H](Cc2ccccc2)NC(=O)CSC[C@@H](C(=O)NCC(N)=O)NC(=O)[C@H](CCCNC(=N)N)NC(=O)[C@H](CC(=O)O)NC(=O)[C@@H]2CCCN2C(=O)[C@H](CCCNC(=N)N)NC(=O)[C@H](C)N(C)C(=O)[C@H](Cc2c[nH]c3ccccc23)NC(=O)[C@H](Cc2cnc[nH]2)NC(=O)[C@H](CC(C)C)NC(=O)[C@H](CO)NC(=O)[C@H](C)N(C)C1=O. The van der Waals surface area contributed by atoms with E-state index in [-0.39, 0.29) is 148 Å². The Morgan fingerprint density at radius 2 is 1.09 bits per heavy atom. The quantitative estimate of drug-likeness (QED) is 0.0115. The van der Waals surface area contributed by atoms with Gasteiger partial charge < -0.3 is 141 Å². The molecule has 133 heavy (non-hydrogen) atoms. The highest BCUT2D eigenvalue weighted by Crippen LogP contribution is 2.24. The average Bonchev–Trinajstić information content (AvgIpc) is 1.69. The number of aliphatic hydroxyl groups is 1. The molecule has 0 bridgehead atoms. The third kappa shape index (κ3) is 37.2. The first kappa shape index (κ1) is 109. The van der Waals surface area contributed by atoms with Gasteiger partial charge in [-0.2, -0.15) is 0 Å². The van der Waals surface area contributed by atoms with Crippen molar-refractivity contribution < 1.29 is 106 Å². The van der Waals surface area contributed by atoms with E-state index in [1.54, 1.807) is 74.6 Å². The molecular weight excluding hydrogens is 1760 g/mol. The molecule has 2 fully saturated rings. The highest BCUT2D eigenvalue weighted by atomic mass is 32.2. The van der Waals surface area contributed by atoms with Gasteiger partial charge in [0, 0.05) is 108 Å². The van der Waals surface area contributed by atoms with Crippen LogP contribution in [-0.4, -0.2) is 336 Å². The molecule has 2 aromatic heterocycles. The van der Waals surface area contributed by atoms with E-state index in [4.69, 9.17) is 42.2 Å². The third-order valence-electron chi connectivity index (χ3n) is 21.8. The molecule has 2 aliphatic rings. The molecular formula is C85H129N25O22S. The van der Waals surface area contributed by atoms with Gasteiger partial charge in [0.2, 0.25) is 94.5 Å². The molecule has 6 rings (SSSR count). The topological polar surface area (TPSA) is 707 Å². The molecule has 0 saturated carbocycles. The number of aromatic amines is 2. The van der Waals surface area contributed by atoms with Crippen LogP contribution in [0.4, 0.5) is 0 Å². The molecule has 48 heteroatoms. The number of benzene rings is 2. The Kier molecular flexibility index (Phi) is 46.2. The number of aromatic nitrogens is 3. The molecule has 47 nitrogen and oxygen atoms in total. The molecule has 2 aliphatic heterocycles. The number of thioether (sulfide) groups is 1. The number of primary amides is 1. The summed E-state index contributed by atoms with van der Waals surface area (Å²) >= 11 is 0.725. The normalized spacial score (nSPS) is 22.9. The number of nitrogens with zero attached hydrogens (tertiary/aromatic N) is 4. The summed E-state index contributed by atoms with van der Waals surface area (Å²) in [6.07, 6.45) is 2.00. The number of nitrogens with two attached hydrogens (primary N) is 3. The van der Waals surface area contributed by atoms with Gasteiger partial charge in [-0.15, -0.1) is 11.8 Å². The van der Waals surface area contributed by atoms with Gasteiger partial charge in [-0.1, -0.05) is 62.4 Å². The molecule has 4 heterocycles. The van der Waals surface area contributed by atoms with Crippen LogP contribution < -0.4 is 91.6 Å². The van der Waals surface area contributed by atoms with Crippen molar-refractivity contribution in [2.45, 2.75) is 203 Å². The maximum absolute atomic E-state index is 15.4. The van der Waals surface area contributed by atoms with E-state index in [2.05, 4.69) is 89.4 Å². The Labute approximate surface area is 773 Å². The first-order chi connectivity index (χ1) is 63.4. The van der Waals surface area contributed by atoms with Gasteiger partial charge in [0.15, 0.2) is 11.9 Å². The van der Waals surface area contributed by atoms with Crippen molar-refractivity contribution in [1.82, 2.24) is 104 Å². The smallest absolute Gasteiger partial charge is 0.305 e. The summed E-state index contributed by atoms with van der Waals surface area (Å²) in [5, 5.41) is 73.5. The van der Waals surface area contributed by atoms with Gasteiger partial charge in [-0.05, 0) is 101 Å². The van der Waals surface area contributed by atoms with E-state index < -0.39 is 216 Å². The van der Waals surface area contributed by atoms with Gasteiger partial charge in [0.05, 0.1) is 64.7 Å². The largest absolute Gasteiger partial charge is 0.481 e. The van der Waals surface area contributed by atoms with Crippen molar-refractivity contribution in [2.24, 2.45) is 23.1 Å². The van der Waals surface area contributed by atoms with Crippen LogP contribution in [-0.2, 0) is 115 Å². The fourth-order valence-corrected chi connectivity index (χ4v) is 15.2. The number of carboxylic acid groups (broad SMARTS) is 1. The number of methoxy groups -OCH3 is 1. The van der Waals surface area contributed by atoms with E-state index in [1.165, 1.54) is 47.6 Å². The van der Waals surface area contributed by atoms with Gasteiger partial charge in [0.25, 0.3) is 0 Å². The number of unbranched alkanes of at least 4 members (excludes halogenated alkanes) is 1. The minimum Gasteiger partial charge on any atom is -0.481 e. The van der Waals surface area contributed by atoms with Crippen molar-refractivity contribution in [1.29, 1.82) is 10.8 Å². The van der Waals surface area contributed by atoms with E-state index in [0.29, 0.717) is 40.9 Å². The summed E-state index contributed by atoms with van der Waals surface area (Å²) in [6, 6.07) is -5.54. The molecule has 0 spiro atoms. The molecule has 0 aliphatic carbocycles. The number of hydrogen-bond acceptors (Lipinski definition) is 25. The van der Waals surface area contributed by atoms with Crippen LogP contribution in [0, 0.1) is 16.7 Å². The lowest BCUT2D eigenvalue weighted by molar-refractivity contribution is -0.145.